The molecule has 4 heteroatoms. The molecule has 0 aliphatic rings. The lowest BCUT2D eigenvalue weighted by Gasteiger charge is -2.04. The van der Waals surface area contributed by atoms with Gasteiger partial charge in [-0.05, 0) is 18.6 Å². The zero-order chi connectivity index (χ0) is 11.5. The predicted octanol–water partition coefficient (Wildman–Crippen LogP) is 2.76. The lowest BCUT2D eigenvalue weighted by atomic mass is 10.3. The fourth-order valence-corrected chi connectivity index (χ4v) is 2.37. The van der Waals surface area contributed by atoms with Gasteiger partial charge in [0.05, 0.1) is 22.9 Å². The van der Waals surface area contributed by atoms with Crippen molar-refractivity contribution in [3.8, 4) is 0 Å². The molecule has 0 aliphatic heterocycles. The lowest BCUT2D eigenvalue weighted by Crippen LogP contribution is -2.06. The maximum atomic E-state index is 11.3. The molecule has 0 atom stereocenters. The van der Waals surface area contributed by atoms with Crippen LogP contribution in [0.4, 0.5) is 0 Å². The van der Waals surface area contributed by atoms with Crippen LogP contribution in [0.5, 0.6) is 0 Å². The predicted molar refractivity (Wildman–Crippen MR) is 65.0 cm³/mol. The van der Waals surface area contributed by atoms with Crippen LogP contribution in [0.2, 0.25) is 0 Å². The van der Waals surface area contributed by atoms with Gasteiger partial charge in [-0.3, -0.25) is 4.79 Å². The number of aryl methyl sites for hydroxylation is 1. The van der Waals surface area contributed by atoms with Crippen molar-refractivity contribution in [1.29, 1.82) is 0 Å². The first kappa shape index (κ1) is 11.1. The molecule has 0 radical (unpaired) electrons. The Morgan fingerprint density at radius 1 is 1.56 bits per heavy atom. The number of ketones is 1. The number of thiazole rings is 1. The molecule has 0 bridgehead atoms. The van der Waals surface area contributed by atoms with E-state index in [-0.39, 0.29) is 5.78 Å². The molecule has 2 heterocycles. The Labute approximate surface area is 98.8 Å². The highest BCUT2D eigenvalue weighted by atomic mass is 32.1. The third-order valence-electron chi connectivity index (χ3n) is 2.42. The second kappa shape index (κ2) is 4.61. The zero-order valence-corrected chi connectivity index (χ0v) is 10.3. The Bertz CT molecular complexity index is 499. The summed E-state index contributed by atoms with van der Waals surface area (Å²) in [7, 11) is 0. The van der Waals surface area contributed by atoms with Crippen molar-refractivity contribution in [3.05, 3.63) is 40.1 Å². The highest BCUT2D eigenvalue weighted by Crippen LogP contribution is 2.13. The van der Waals surface area contributed by atoms with E-state index < -0.39 is 0 Å². The summed E-state index contributed by atoms with van der Waals surface area (Å²) < 4.78 is 1.94. The lowest BCUT2D eigenvalue weighted by molar-refractivity contribution is 0.100. The van der Waals surface area contributed by atoms with Gasteiger partial charge in [0.1, 0.15) is 0 Å². The molecule has 3 nitrogen and oxygen atoms in total. The molecular formula is C12H14N2OS. The average molecular weight is 234 g/mol. The van der Waals surface area contributed by atoms with E-state index in [1.165, 1.54) is 0 Å². The highest BCUT2D eigenvalue weighted by Gasteiger charge is 2.07. The molecule has 0 aromatic carbocycles. The van der Waals surface area contributed by atoms with Crippen LogP contribution < -0.4 is 0 Å². The van der Waals surface area contributed by atoms with Crippen molar-refractivity contribution in [2.45, 2.75) is 26.8 Å². The zero-order valence-electron chi connectivity index (χ0n) is 9.43. The van der Waals surface area contributed by atoms with Gasteiger partial charge in [0.2, 0.25) is 0 Å². The maximum absolute atomic E-state index is 11.3. The van der Waals surface area contributed by atoms with E-state index in [1.54, 1.807) is 18.3 Å². The van der Waals surface area contributed by atoms with E-state index >= 15 is 0 Å². The van der Waals surface area contributed by atoms with E-state index in [1.807, 2.05) is 22.9 Å². The van der Waals surface area contributed by atoms with Crippen LogP contribution in [0.3, 0.4) is 0 Å². The largest absolute Gasteiger partial charge is 0.339 e. The number of rotatable bonds is 4. The van der Waals surface area contributed by atoms with Crippen molar-refractivity contribution in [2.75, 3.05) is 0 Å². The molecule has 0 saturated heterocycles. The van der Waals surface area contributed by atoms with Crippen LogP contribution in [-0.4, -0.2) is 15.3 Å². The summed E-state index contributed by atoms with van der Waals surface area (Å²) in [6.07, 6.45) is 2.89. The van der Waals surface area contributed by atoms with Crippen LogP contribution >= 0.6 is 11.3 Å². The molecule has 84 valence electrons. The van der Waals surface area contributed by atoms with Crippen LogP contribution in [0.1, 0.15) is 35.0 Å². The smallest absolute Gasteiger partial charge is 0.176 e. The topological polar surface area (TPSA) is 34.9 Å². The van der Waals surface area contributed by atoms with Gasteiger partial charge < -0.3 is 4.57 Å². The molecule has 0 fully saturated rings. The molecule has 2 rings (SSSR count). The Balaban J connectivity index is 2.20. The second-order valence-corrected chi connectivity index (χ2v) is 4.61. The summed E-state index contributed by atoms with van der Waals surface area (Å²) in [6.45, 7) is 4.36. The summed E-state index contributed by atoms with van der Waals surface area (Å²) in [5.74, 6) is 0.0935. The second-order valence-electron chi connectivity index (χ2n) is 3.66. The van der Waals surface area contributed by atoms with Crippen molar-refractivity contribution < 1.29 is 4.79 Å². The van der Waals surface area contributed by atoms with E-state index in [9.17, 15) is 4.79 Å². The normalized spacial score (nSPS) is 10.6. The Hall–Kier alpha value is -1.42. The third kappa shape index (κ3) is 2.22. The van der Waals surface area contributed by atoms with E-state index in [0.717, 1.165) is 22.8 Å². The monoisotopic (exact) mass is 234 g/mol. The van der Waals surface area contributed by atoms with Crippen LogP contribution in [0, 0.1) is 0 Å². The number of carbonyl (C=O) groups excluding carboxylic acids is 1. The first-order valence-electron chi connectivity index (χ1n) is 5.30. The third-order valence-corrected chi connectivity index (χ3v) is 3.47. The number of carbonyl (C=O) groups is 1. The minimum absolute atomic E-state index is 0.0935. The van der Waals surface area contributed by atoms with Crippen LogP contribution in [0.25, 0.3) is 0 Å². The summed E-state index contributed by atoms with van der Waals surface area (Å²) in [6, 6.07) is 3.74. The molecule has 0 N–H and O–H groups in total. The molecule has 16 heavy (non-hydrogen) atoms. The molecular weight excluding hydrogens is 220 g/mol. The summed E-state index contributed by atoms with van der Waals surface area (Å²) in [4.78, 5) is 15.8. The Morgan fingerprint density at radius 2 is 2.38 bits per heavy atom. The molecule has 0 unspecified atom stereocenters. The molecule has 2 aromatic heterocycles. The van der Waals surface area contributed by atoms with Gasteiger partial charge in [0.15, 0.2) is 5.78 Å². The molecule has 0 spiro atoms. The minimum atomic E-state index is 0.0935. The van der Waals surface area contributed by atoms with Gasteiger partial charge >= 0.3 is 0 Å². The van der Waals surface area contributed by atoms with Gasteiger partial charge in [-0.1, -0.05) is 6.92 Å². The summed E-state index contributed by atoms with van der Waals surface area (Å²) >= 11 is 1.68. The SMILES string of the molecule is CCc1nc(Cn2cccc2C(C)=O)cs1. The van der Waals surface area contributed by atoms with Crippen LogP contribution in [-0.2, 0) is 13.0 Å². The quantitative estimate of drug-likeness (QED) is 0.762. The number of hydrogen-bond acceptors (Lipinski definition) is 3. The van der Waals surface area contributed by atoms with Gasteiger partial charge in [-0.15, -0.1) is 11.3 Å². The van der Waals surface area contributed by atoms with E-state index in [4.69, 9.17) is 0 Å². The highest BCUT2D eigenvalue weighted by molar-refractivity contribution is 7.09. The van der Waals surface area contributed by atoms with Crippen molar-refractivity contribution >= 4 is 17.1 Å². The van der Waals surface area contributed by atoms with E-state index in [2.05, 4.69) is 17.3 Å². The number of nitrogens with zero attached hydrogens (tertiary/aromatic N) is 2. The molecule has 0 aliphatic carbocycles. The molecule has 2 aromatic rings. The fraction of sp³-hybridized carbons (Fsp3) is 0.333. The van der Waals surface area contributed by atoms with Gasteiger partial charge in [0, 0.05) is 18.5 Å². The number of hydrogen-bond donors (Lipinski definition) is 0. The van der Waals surface area contributed by atoms with E-state index in [0.29, 0.717) is 6.54 Å². The molecule has 0 saturated carbocycles. The van der Waals surface area contributed by atoms with Crippen molar-refractivity contribution in [3.63, 3.8) is 0 Å². The Kier molecular flexibility index (Phi) is 3.19. The fourth-order valence-electron chi connectivity index (χ4n) is 1.63. The molecule has 0 amide bonds. The number of Topliss-reactive ketones (excluding diaryl/α,β-unsaturated/α-hetero) is 1. The van der Waals surface area contributed by atoms with Gasteiger partial charge in [-0.2, -0.15) is 0 Å². The first-order chi connectivity index (χ1) is 7.70. The standard InChI is InChI=1S/C12H14N2OS/c1-3-12-13-10(8-16-12)7-14-6-4-5-11(14)9(2)15/h4-6,8H,3,7H2,1-2H3. The van der Waals surface area contributed by atoms with Crippen molar-refractivity contribution in [1.82, 2.24) is 9.55 Å². The first-order valence-corrected chi connectivity index (χ1v) is 6.18. The minimum Gasteiger partial charge on any atom is -0.339 e. The Morgan fingerprint density at radius 3 is 3.00 bits per heavy atom. The number of aromatic nitrogens is 2. The summed E-state index contributed by atoms with van der Waals surface area (Å²) in [5, 5.41) is 3.20. The summed E-state index contributed by atoms with van der Waals surface area (Å²) in [5.41, 5.74) is 1.77. The van der Waals surface area contributed by atoms with Gasteiger partial charge in [-0.25, -0.2) is 4.98 Å². The average Bonchev–Trinajstić information content (AvgIpc) is 2.87. The maximum Gasteiger partial charge on any atom is 0.176 e. The van der Waals surface area contributed by atoms with Crippen molar-refractivity contribution in [2.24, 2.45) is 0 Å². The van der Waals surface area contributed by atoms with Crippen LogP contribution in [0.15, 0.2) is 23.7 Å². The van der Waals surface area contributed by atoms with Gasteiger partial charge in [0.25, 0.3) is 0 Å².